The summed E-state index contributed by atoms with van der Waals surface area (Å²) in [4.78, 5) is 12.2. The van der Waals surface area contributed by atoms with E-state index in [0.29, 0.717) is 17.9 Å². The monoisotopic (exact) mass is 290 g/mol. The van der Waals surface area contributed by atoms with E-state index in [4.69, 9.17) is 4.52 Å². The molecule has 0 unspecified atom stereocenters. The number of hydrogen-bond acceptors (Lipinski definition) is 4. The van der Waals surface area contributed by atoms with Gasteiger partial charge in [-0.15, -0.1) is 0 Å². The first-order valence-electron chi connectivity index (χ1n) is 7.10. The van der Waals surface area contributed by atoms with Crippen LogP contribution in [0.3, 0.4) is 0 Å². The van der Waals surface area contributed by atoms with Gasteiger partial charge in [-0.3, -0.25) is 9.36 Å². The van der Waals surface area contributed by atoms with Crippen molar-refractivity contribution in [2.45, 2.75) is 27.2 Å². The molecular weight excluding hydrogens is 268 g/mol. The van der Waals surface area contributed by atoms with E-state index in [1.807, 2.05) is 44.5 Å². The fourth-order valence-corrected chi connectivity index (χ4v) is 2.37. The lowest BCUT2D eigenvalue weighted by molar-refractivity contribution is 0.0952. The van der Waals surface area contributed by atoms with E-state index in [9.17, 15) is 4.79 Å². The van der Waals surface area contributed by atoms with Crippen molar-refractivity contribution in [3.8, 4) is 5.82 Å². The van der Waals surface area contributed by atoms with Crippen LogP contribution in [0, 0.1) is 20.8 Å². The Morgan fingerprint density at radius 1 is 1.29 bits per heavy atom. The summed E-state index contributed by atoms with van der Waals surface area (Å²) in [5.74, 6) is 1.40. The van der Waals surface area contributed by atoms with E-state index in [2.05, 4.69) is 15.8 Å². The third-order valence-electron chi connectivity index (χ3n) is 3.41. The molecule has 0 aliphatic rings. The van der Waals surface area contributed by atoms with Crippen molar-refractivity contribution < 1.29 is 9.32 Å². The van der Waals surface area contributed by atoms with Gasteiger partial charge in [-0.25, -0.2) is 0 Å². The first-order valence-corrected chi connectivity index (χ1v) is 7.10. The summed E-state index contributed by atoms with van der Waals surface area (Å²) in [5.41, 5.74) is 2.51. The van der Waals surface area contributed by atoms with E-state index in [1.165, 1.54) is 0 Å². The Bertz CT molecular complexity index is 628. The van der Waals surface area contributed by atoms with E-state index in [-0.39, 0.29) is 5.91 Å². The van der Waals surface area contributed by atoms with Crippen molar-refractivity contribution in [3.63, 3.8) is 0 Å². The second kappa shape index (κ2) is 6.58. The Morgan fingerprint density at radius 2 is 2.05 bits per heavy atom. The summed E-state index contributed by atoms with van der Waals surface area (Å²) in [5, 5.41) is 10.0. The van der Waals surface area contributed by atoms with Gasteiger partial charge < -0.3 is 15.2 Å². The second-order valence-electron chi connectivity index (χ2n) is 5.13. The van der Waals surface area contributed by atoms with Crippen LogP contribution in [0.15, 0.2) is 16.7 Å². The molecule has 0 saturated carbocycles. The molecule has 6 nitrogen and oxygen atoms in total. The number of hydrogen-bond donors (Lipinski definition) is 2. The maximum Gasteiger partial charge on any atom is 0.253 e. The summed E-state index contributed by atoms with van der Waals surface area (Å²) in [6, 6.07) is 3.74. The molecule has 0 radical (unpaired) electrons. The highest BCUT2D eigenvalue weighted by atomic mass is 16.5. The molecule has 2 rings (SSSR count). The molecule has 6 heteroatoms. The molecule has 0 saturated heterocycles. The van der Waals surface area contributed by atoms with Crippen LogP contribution in [0.1, 0.15) is 33.9 Å². The zero-order valence-corrected chi connectivity index (χ0v) is 13.0. The smallest absolute Gasteiger partial charge is 0.253 e. The Morgan fingerprint density at radius 3 is 2.67 bits per heavy atom. The molecule has 0 bridgehead atoms. The third-order valence-corrected chi connectivity index (χ3v) is 3.41. The fraction of sp³-hybridized carbons (Fsp3) is 0.467. The normalized spacial score (nSPS) is 10.9. The van der Waals surface area contributed by atoms with Crippen molar-refractivity contribution in [1.82, 2.24) is 20.4 Å². The van der Waals surface area contributed by atoms with E-state index in [0.717, 1.165) is 30.1 Å². The third kappa shape index (κ3) is 3.33. The van der Waals surface area contributed by atoms with Crippen molar-refractivity contribution in [2.75, 3.05) is 20.1 Å². The van der Waals surface area contributed by atoms with E-state index < -0.39 is 0 Å². The molecule has 0 aliphatic heterocycles. The van der Waals surface area contributed by atoms with Gasteiger partial charge in [0.1, 0.15) is 5.76 Å². The van der Waals surface area contributed by atoms with Crippen molar-refractivity contribution in [2.24, 2.45) is 0 Å². The average Bonchev–Trinajstić information content (AvgIpc) is 2.98. The molecule has 2 N–H and O–H groups in total. The number of nitrogens with one attached hydrogen (secondary N) is 2. The van der Waals surface area contributed by atoms with Crippen molar-refractivity contribution in [1.29, 1.82) is 0 Å². The number of carbonyl (C=O) groups is 1. The van der Waals surface area contributed by atoms with Crippen LogP contribution in [0.4, 0.5) is 0 Å². The highest BCUT2D eigenvalue weighted by Crippen LogP contribution is 2.20. The lowest BCUT2D eigenvalue weighted by atomic mass is 10.2. The maximum atomic E-state index is 12.2. The molecule has 2 aromatic rings. The maximum absolute atomic E-state index is 12.2. The number of rotatable bonds is 6. The Labute approximate surface area is 124 Å². The van der Waals surface area contributed by atoms with Gasteiger partial charge >= 0.3 is 0 Å². The summed E-state index contributed by atoms with van der Waals surface area (Å²) < 4.78 is 7.04. The highest BCUT2D eigenvalue weighted by molar-refractivity contribution is 5.95. The van der Waals surface area contributed by atoms with Gasteiger partial charge in [0, 0.05) is 24.0 Å². The number of nitrogens with zero attached hydrogens (tertiary/aromatic N) is 2. The van der Waals surface area contributed by atoms with Gasteiger partial charge in [-0.05, 0) is 46.9 Å². The number of aromatic nitrogens is 2. The van der Waals surface area contributed by atoms with Crippen LogP contribution < -0.4 is 10.6 Å². The topological polar surface area (TPSA) is 72.1 Å². The number of carbonyl (C=O) groups excluding carboxylic acids is 1. The largest absolute Gasteiger partial charge is 0.360 e. The first kappa shape index (κ1) is 15.3. The van der Waals surface area contributed by atoms with Crippen LogP contribution in [-0.2, 0) is 0 Å². The molecule has 2 aromatic heterocycles. The van der Waals surface area contributed by atoms with E-state index in [1.54, 1.807) is 0 Å². The highest BCUT2D eigenvalue weighted by Gasteiger charge is 2.17. The molecule has 114 valence electrons. The Hall–Kier alpha value is -2.08. The van der Waals surface area contributed by atoms with Gasteiger partial charge in [-0.1, -0.05) is 5.16 Å². The predicted molar refractivity (Wildman–Crippen MR) is 80.9 cm³/mol. The fourth-order valence-electron chi connectivity index (χ4n) is 2.37. The first-order chi connectivity index (χ1) is 10.0. The summed E-state index contributed by atoms with van der Waals surface area (Å²) in [6.07, 6.45) is 0.906. The molecule has 0 fully saturated rings. The molecule has 0 aliphatic carbocycles. The minimum Gasteiger partial charge on any atom is -0.360 e. The zero-order chi connectivity index (χ0) is 15.4. The van der Waals surface area contributed by atoms with Crippen LogP contribution in [0.5, 0.6) is 0 Å². The summed E-state index contributed by atoms with van der Waals surface area (Å²) >= 11 is 0. The predicted octanol–water partition coefficient (Wildman–Crippen LogP) is 1.73. The Kier molecular flexibility index (Phi) is 4.80. The minimum atomic E-state index is -0.0503. The number of amides is 1. The molecule has 2 heterocycles. The molecule has 0 spiro atoms. The van der Waals surface area contributed by atoms with Gasteiger partial charge in [0.05, 0.1) is 5.56 Å². The van der Waals surface area contributed by atoms with Crippen molar-refractivity contribution in [3.05, 3.63) is 34.8 Å². The molecular formula is C15H22N4O2. The quantitative estimate of drug-likeness (QED) is 0.795. The minimum absolute atomic E-state index is 0.0503. The van der Waals surface area contributed by atoms with Crippen LogP contribution in [0.25, 0.3) is 5.82 Å². The second-order valence-corrected chi connectivity index (χ2v) is 5.13. The molecule has 0 aromatic carbocycles. The lowest BCUT2D eigenvalue weighted by Gasteiger charge is -2.06. The molecule has 0 atom stereocenters. The van der Waals surface area contributed by atoms with Crippen LogP contribution in [-0.4, -0.2) is 35.8 Å². The number of aryl methyl sites for hydroxylation is 2. The van der Waals surface area contributed by atoms with Gasteiger partial charge in [0.2, 0.25) is 0 Å². The van der Waals surface area contributed by atoms with Gasteiger partial charge in [-0.2, -0.15) is 0 Å². The molecule has 21 heavy (non-hydrogen) atoms. The van der Waals surface area contributed by atoms with Gasteiger partial charge in [0.15, 0.2) is 5.82 Å². The van der Waals surface area contributed by atoms with Crippen LogP contribution >= 0.6 is 0 Å². The summed E-state index contributed by atoms with van der Waals surface area (Å²) in [7, 11) is 1.90. The lowest BCUT2D eigenvalue weighted by Crippen LogP contribution is -2.26. The SMILES string of the molecule is CNCCCNC(=O)c1cc(C)n(-c2cc(C)on2)c1C. The zero-order valence-electron chi connectivity index (χ0n) is 13.0. The van der Waals surface area contributed by atoms with Crippen molar-refractivity contribution >= 4 is 5.91 Å². The summed E-state index contributed by atoms with van der Waals surface area (Å²) in [6.45, 7) is 7.26. The Balaban J connectivity index is 2.17. The van der Waals surface area contributed by atoms with E-state index >= 15 is 0 Å². The van der Waals surface area contributed by atoms with Crippen LogP contribution in [0.2, 0.25) is 0 Å². The molecule has 1 amide bonds. The van der Waals surface area contributed by atoms with Gasteiger partial charge in [0.25, 0.3) is 5.91 Å². The standard InChI is InChI=1S/C15H22N4O2/c1-10-8-13(15(20)17-7-5-6-16-4)12(3)19(10)14-9-11(2)21-18-14/h8-9,16H,5-7H2,1-4H3,(H,17,20). The average molecular weight is 290 g/mol.